The Kier molecular flexibility index (Phi) is 4.17. The van der Waals surface area contributed by atoms with Crippen molar-refractivity contribution in [2.24, 2.45) is 0 Å². The lowest BCUT2D eigenvalue weighted by Gasteiger charge is -2.08. The van der Waals surface area contributed by atoms with Gasteiger partial charge in [0.05, 0.1) is 0 Å². The molecule has 1 N–H and O–H groups in total. The maximum atomic E-state index is 11.6. The fraction of sp³-hybridized carbons (Fsp3) is 0.167. The van der Waals surface area contributed by atoms with Crippen LogP contribution in [0.2, 0.25) is 5.02 Å². The lowest BCUT2D eigenvalue weighted by atomic mass is 10.2. The molecule has 0 aliphatic rings. The van der Waals surface area contributed by atoms with E-state index in [0.29, 0.717) is 15.9 Å². The number of hydrogen-bond donors (Lipinski definition) is 1. The topological polar surface area (TPSA) is 51.2 Å². The maximum Gasteiger partial charge on any atom is 0.264 e. The number of carbonyl (C=O) groups is 1. The standard InChI is InChI=1S/C12H11ClN2O2S/c1-8-6-9(13)2-3-10(8)17-7-11(16)15-12-14-4-5-18-12/h2-6H,7H2,1H3,(H,14,15,16). The van der Waals surface area contributed by atoms with Gasteiger partial charge in [0.15, 0.2) is 11.7 Å². The van der Waals surface area contributed by atoms with E-state index in [1.54, 1.807) is 29.8 Å². The number of amides is 1. The van der Waals surface area contributed by atoms with Crippen molar-refractivity contribution in [3.8, 4) is 5.75 Å². The van der Waals surface area contributed by atoms with Gasteiger partial charge in [-0.3, -0.25) is 10.1 Å². The molecule has 0 atom stereocenters. The molecule has 1 aromatic carbocycles. The van der Waals surface area contributed by atoms with Crippen LogP contribution in [-0.2, 0) is 4.79 Å². The normalized spacial score (nSPS) is 10.1. The third kappa shape index (κ3) is 3.45. The molecule has 94 valence electrons. The van der Waals surface area contributed by atoms with Gasteiger partial charge < -0.3 is 4.74 Å². The van der Waals surface area contributed by atoms with Gasteiger partial charge in [-0.25, -0.2) is 4.98 Å². The molecule has 2 rings (SSSR count). The van der Waals surface area contributed by atoms with Crippen LogP contribution in [-0.4, -0.2) is 17.5 Å². The highest BCUT2D eigenvalue weighted by molar-refractivity contribution is 7.13. The first-order valence-electron chi connectivity index (χ1n) is 5.23. The van der Waals surface area contributed by atoms with E-state index in [1.807, 2.05) is 6.92 Å². The molecule has 0 fully saturated rings. The lowest BCUT2D eigenvalue weighted by molar-refractivity contribution is -0.118. The van der Waals surface area contributed by atoms with Crippen molar-refractivity contribution in [3.05, 3.63) is 40.4 Å². The fourth-order valence-electron chi connectivity index (χ4n) is 1.36. The first-order chi connectivity index (χ1) is 8.65. The van der Waals surface area contributed by atoms with Crippen LogP contribution in [0.4, 0.5) is 5.13 Å². The number of aryl methyl sites for hydroxylation is 1. The largest absolute Gasteiger partial charge is 0.483 e. The van der Waals surface area contributed by atoms with Crippen LogP contribution in [0.25, 0.3) is 0 Å². The summed E-state index contributed by atoms with van der Waals surface area (Å²) in [4.78, 5) is 15.5. The molecule has 2 aromatic rings. The Morgan fingerprint density at radius 2 is 2.39 bits per heavy atom. The Morgan fingerprint density at radius 1 is 1.56 bits per heavy atom. The zero-order valence-electron chi connectivity index (χ0n) is 9.64. The van der Waals surface area contributed by atoms with Crippen LogP contribution < -0.4 is 10.1 Å². The zero-order chi connectivity index (χ0) is 13.0. The first-order valence-corrected chi connectivity index (χ1v) is 6.49. The number of benzene rings is 1. The summed E-state index contributed by atoms with van der Waals surface area (Å²) in [5.74, 6) is 0.410. The van der Waals surface area contributed by atoms with Crippen LogP contribution >= 0.6 is 22.9 Å². The third-order valence-corrected chi connectivity index (χ3v) is 3.10. The van der Waals surface area contributed by atoms with Crippen molar-refractivity contribution in [2.75, 3.05) is 11.9 Å². The number of ether oxygens (including phenoxy) is 1. The summed E-state index contributed by atoms with van der Waals surface area (Å²) < 4.78 is 5.41. The van der Waals surface area contributed by atoms with E-state index in [2.05, 4.69) is 10.3 Å². The van der Waals surface area contributed by atoms with Gasteiger partial charge in [-0.05, 0) is 30.7 Å². The summed E-state index contributed by atoms with van der Waals surface area (Å²) in [6, 6.07) is 5.26. The fourth-order valence-corrected chi connectivity index (χ4v) is 2.13. The number of nitrogens with zero attached hydrogens (tertiary/aromatic N) is 1. The molecular weight excluding hydrogens is 272 g/mol. The Hall–Kier alpha value is -1.59. The van der Waals surface area contributed by atoms with Gasteiger partial charge in [0.25, 0.3) is 5.91 Å². The second-order valence-corrected chi connectivity index (χ2v) is 4.91. The smallest absolute Gasteiger partial charge is 0.264 e. The molecular formula is C12H11ClN2O2S. The Bertz CT molecular complexity index is 543. The molecule has 1 heterocycles. The monoisotopic (exact) mass is 282 g/mol. The van der Waals surface area contributed by atoms with Crippen LogP contribution in [0, 0.1) is 6.92 Å². The zero-order valence-corrected chi connectivity index (χ0v) is 11.2. The lowest BCUT2D eigenvalue weighted by Crippen LogP contribution is -2.20. The van der Waals surface area contributed by atoms with Gasteiger partial charge in [-0.15, -0.1) is 11.3 Å². The number of nitrogens with one attached hydrogen (secondary N) is 1. The Morgan fingerprint density at radius 3 is 3.06 bits per heavy atom. The van der Waals surface area contributed by atoms with E-state index in [0.717, 1.165) is 5.56 Å². The molecule has 0 aliphatic carbocycles. The van der Waals surface area contributed by atoms with Crippen LogP contribution in [0.15, 0.2) is 29.8 Å². The Balaban J connectivity index is 1.89. The summed E-state index contributed by atoms with van der Waals surface area (Å²) in [7, 11) is 0. The molecule has 0 unspecified atom stereocenters. The molecule has 0 saturated heterocycles. The number of aromatic nitrogens is 1. The van der Waals surface area contributed by atoms with Crippen molar-refractivity contribution in [1.29, 1.82) is 0 Å². The predicted molar refractivity (Wildman–Crippen MR) is 72.4 cm³/mol. The summed E-state index contributed by atoms with van der Waals surface area (Å²) in [5.41, 5.74) is 0.893. The van der Waals surface area contributed by atoms with Gasteiger partial charge in [-0.2, -0.15) is 0 Å². The van der Waals surface area contributed by atoms with E-state index >= 15 is 0 Å². The first kappa shape index (κ1) is 12.9. The Labute approximate surface area is 114 Å². The highest BCUT2D eigenvalue weighted by Gasteiger charge is 2.06. The average Bonchev–Trinajstić information content (AvgIpc) is 2.80. The molecule has 18 heavy (non-hydrogen) atoms. The summed E-state index contributed by atoms with van der Waals surface area (Å²) >= 11 is 7.19. The van der Waals surface area contributed by atoms with Crippen molar-refractivity contribution in [1.82, 2.24) is 4.98 Å². The number of anilines is 1. The summed E-state index contributed by atoms with van der Waals surface area (Å²) in [5, 5.41) is 5.64. The molecule has 4 nitrogen and oxygen atoms in total. The molecule has 0 radical (unpaired) electrons. The summed E-state index contributed by atoms with van der Waals surface area (Å²) in [6.45, 7) is 1.82. The molecule has 0 bridgehead atoms. The van der Waals surface area contributed by atoms with Crippen molar-refractivity contribution in [2.45, 2.75) is 6.92 Å². The molecule has 0 spiro atoms. The molecule has 1 aromatic heterocycles. The predicted octanol–water partition coefficient (Wildman–Crippen LogP) is 3.12. The number of hydrogen-bond acceptors (Lipinski definition) is 4. The van der Waals surface area contributed by atoms with Crippen molar-refractivity contribution < 1.29 is 9.53 Å². The quantitative estimate of drug-likeness (QED) is 0.937. The molecule has 6 heteroatoms. The second kappa shape index (κ2) is 5.84. The van der Waals surface area contributed by atoms with Gasteiger partial charge in [0, 0.05) is 16.6 Å². The highest BCUT2D eigenvalue weighted by atomic mass is 35.5. The minimum atomic E-state index is -0.237. The maximum absolute atomic E-state index is 11.6. The SMILES string of the molecule is Cc1cc(Cl)ccc1OCC(=O)Nc1nccs1. The minimum Gasteiger partial charge on any atom is -0.483 e. The number of carbonyl (C=O) groups excluding carboxylic acids is 1. The highest BCUT2D eigenvalue weighted by Crippen LogP contribution is 2.21. The van der Waals surface area contributed by atoms with E-state index < -0.39 is 0 Å². The van der Waals surface area contributed by atoms with Crippen molar-refractivity contribution in [3.63, 3.8) is 0 Å². The van der Waals surface area contributed by atoms with E-state index in [9.17, 15) is 4.79 Å². The van der Waals surface area contributed by atoms with Crippen molar-refractivity contribution >= 4 is 34.0 Å². The third-order valence-electron chi connectivity index (χ3n) is 2.17. The summed E-state index contributed by atoms with van der Waals surface area (Å²) in [6.07, 6.45) is 1.63. The van der Waals surface area contributed by atoms with Crippen LogP contribution in [0.3, 0.4) is 0 Å². The molecule has 0 aliphatic heterocycles. The van der Waals surface area contributed by atoms with Gasteiger partial charge in [-0.1, -0.05) is 11.6 Å². The van der Waals surface area contributed by atoms with E-state index in [-0.39, 0.29) is 12.5 Å². The number of halogens is 1. The average molecular weight is 283 g/mol. The van der Waals surface area contributed by atoms with E-state index in [4.69, 9.17) is 16.3 Å². The number of thiazole rings is 1. The van der Waals surface area contributed by atoms with Crippen LogP contribution in [0.1, 0.15) is 5.56 Å². The van der Waals surface area contributed by atoms with E-state index in [1.165, 1.54) is 11.3 Å². The second-order valence-electron chi connectivity index (χ2n) is 3.58. The van der Waals surface area contributed by atoms with Crippen LogP contribution in [0.5, 0.6) is 5.75 Å². The van der Waals surface area contributed by atoms with Gasteiger partial charge >= 0.3 is 0 Å². The molecule has 0 saturated carbocycles. The minimum absolute atomic E-state index is 0.0535. The van der Waals surface area contributed by atoms with Gasteiger partial charge in [0.1, 0.15) is 5.75 Å². The molecule has 1 amide bonds. The van der Waals surface area contributed by atoms with Gasteiger partial charge in [0.2, 0.25) is 0 Å². The number of rotatable bonds is 4.